The molecule has 0 aliphatic carbocycles. The van der Waals surface area contributed by atoms with Crippen molar-refractivity contribution < 1.29 is 0 Å². The third kappa shape index (κ3) is 2.69. The molecule has 2 heterocycles. The van der Waals surface area contributed by atoms with E-state index in [0.717, 1.165) is 42.0 Å². The van der Waals surface area contributed by atoms with Gasteiger partial charge in [-0.3, -0.25) is 0 Å². The fourth-order valence-electron chi connectivity index (χ4n) is 2.34. The molecular formula is C14H16ClN3S. The molecule has 0 unspecified atom stereocenters. The maximum absolute atomic E-state index is 6.25. The minimum absolute atomic E-state index is 0.834. The summed E-state index contributed by atoms with van der Waals surface area (Å²) >= 11 is 8.01. The minimum Gasteiger partial charge on any atom is -0.367 e. The lowest BCUT2D eigenvalue weighted by atomic mass is 10.2. The van der Waals surface area contributed by atoms with Gasteiger partial charge < -0.3 is 9.80 Å². The summed E-state index contributed by atoms with van der Waals surface area (Å²) in [4.78, 5) is 10.4. The molecule has 3 nitrogen and oxygen atoms in total. The number of benzene rings is 1. The number of nitrogens with zero attached hydrogens (tertiary/aromatic N) is 3. The third-order valence-corrected chi connectivity index (χ3v) is 4.65. The zero-order valence-electron chi connectivity index (χ0n) is 10.8. The van der Waals surface area contributed by atoms with Crippen LogP contribution in [0.2, 0.25) is 5.02 Å². The zero-order chi connectivity index (χ0) is 13.2. The number of aryl methyl sites for hydroxylation is 1. The summed E-state index contributed by atoms with van der Waals surface area (Å²) in [5.41, 5.74) is 1.14. The van der Waals surface area contributed by atoms with Crippen molar-refractivity contribution in [2.24, 2.45) is 0 Å². The Bertz CT molecular complexity index is 561. The largest absolute Gasteiger partial charge is 0.367 e. The van der Waals surface area contributed by atoms with Gasteiger partial charge >= 0.3 is 0 Å². The highest BCUT2D eigenvalue weighted by Crippen LogP contribution is 2.28. The Morgan fingerprint density at radius 2 is 1.79 bits per heavy atom. The van der Waals surface area contributed by atoms with Crippen molar-refractivity contribution >= 4 is 33.8 Å². The molecule has 0 spiro atoms. The van der Waals surface area contributed by atoms with Crippen molar-refractivity contribution in [2.75, 3.05) is 36.0 Å². The Morgan fingerprint density at radius 3 is 2.42 bits per heavy atom. The number of halogens is 1. The quantitative estimate of drug-likeness (QED) is 0.846. The van der Waals surface area contributed by atoms with Gasteiger partial charge in [-0.1, -0.05) is 23.7 Å². The molecule has 0 radical (unpaired) electrons. The van der Waals surface area contributed by atoms with E-state index < -0.39 is 0 Å². The SMILES string of the molecule is Cc1cnc(N2CCN(c3ccccc3Cl)CC2)s1. The van der Waals surface area contributed by atoms with Gasteiger partial charge in [-0.15, -0.1) is 11.3 Å². The first-order valence-corrected chi connectivity index (χ1v) is 7.60. The number of piperazine rings is 1. The molecule has 1 fully saturated rings. The van der Waals surface area contributed by atoms with Crippen LogP contribution in [0.25, 0.3) is 0 Å². The van der Waals surface area contributed by atoms with E-state index in [2.05, 4.69) is 27.8 Å². The van der Waals surface area contributed by atoms with Gasteiger partial charge in [-0.2, -0.15) is 0 Å². The predicted octanol–water partition coefficient (Wildman–Crippen LogP) is 3.43. The van der Waals surface area contributed by atoms with E-state index in [4.69, 9.17) is 11.6 Å². The van der Waals surface area contributed by atoms with Crippen molar-refractivity contribution in [1.29, 1.82) is 0 Å². The van der Waals surface area contributed by atoms with Gasteiger partial charge in [-0.05, 0) is 19.1 Å². The van der Waals surface area contributed by atoms with Crippen molar-refractivity contribution in [2.45, 2.75) is 6.92 Å². The lowest BCUT2D eigenvalue weighted by Crippen LogP contribution is -2.46. The van der Waals surface area contributed by atoms with Gasteiger partial charge in [0.25, 0.3) is 0 Å². The Hall–Kier alpha value is -1.26. The monoisotopic (exact) mass is 293 g/mol. The first-order valence-electron chi connectivity index (χ1n) is 6.41. The Labute approximate surface area is 122 Å². The summed E-state index contributed by atoms with van der Waals surface area (Å²) in [5, 5.41) is 1.97. The van der Waals surface area contributed by atoms with E-state index >= 15 is 0 Å². The van der Waals surface area contributed by atoms with E-state index in [1.54, 1.807) is 11.3 Å². The predicted molar refractivity (Wildman–Crippen MR) is 82.7 cm³/mol. The molecule has 0 bridgehead atoms. The molecule has 0 N–H and O–H groups in total. The maximum Gasteiger partial charge on any atom is 0.185 e. The second kappa shape index (κ2) is 5.39. The Kier molecular flexibility index (Phi) is 3.62. The van der Waals surface area contributed by atoms with Crippen molar-refractivity contribution in [1.82, 2.24) is 4.98 Å². The standard InChI is InChI=1S/C14H16ClN3S/c1-11-10-16-14(19-11)18-8-6-17(7-9-18)13-5-3-2-4-12(13)15/h2-5,10H,6-9H2,1H3. The van der Waals surface area contributed by atoms with Crippen LogP contribution in [-0.2, 0) is 0 Å². The maximum atomic E-state index is 6.25. The molecule has 100 valence electrons. The molecule has 1 saturated heterocycles. The number of hydrogen-bond acceptors (Lipinski definition) is 4. The van der Waals surface area contributed by atoms with E-state index in [0.29, 0.717) is 0 Å². The number of rotatable bonds is 2. The van der Waals surface area contributed by atoms with Gasteiger partial charge in [0.2, 0.25) is 0 Å². The fraction of sp³-hybridized carbons (Fsp3) is 0.357. The number of para-hydroxylation sites is 1. The summed E-state index contributed by atoms with van der Waals surface area (Å²) in [6.07, 6.45) is 1.94. The van der Waals surface area contributed by atoms with E-state index in [9.17, 15) is 0 Å². The normalized spacial score (nSPS) is 15.9. The number of hydrogen-bond donors (Lipinski definition) is 0. The van der Waals surface area contributed by atoms with E-state index in [-0.39, 0.29) is 0 Å². The summed E-state index contributed by atoms with van der Waals surface area (Å²) in [7, 11) is 0. The van der Waals surface area contributed by atoms with Crippen LogP contribution in [-0.4, -0.2) is 31.2 Å². The number of thiazole rings is 1. The summed E-state index contributed by atoms with van der Waals surface area (Å²) < 4.78 is 0. The molecule has 0 saturated carbocycles. The molecule has 0 atom stereocenters. The van der Waals surface area contributed by atoms with Gasteiger partial charge in [0.05, 0.1) is 10.7 Å². The second-order valence-corrected chi connectivity index (χ2v) is 6.30. The molecule has 1 aliphatic rings. The lowest BCUT2D eigenvalue weighted by molar-refractivity contribution is 0.652. The number of anilines is 2. The van der Waals surface area contributed by atoms with Crippen LogP contribution >= 0.6 is 22.9 Å². The van der Waals surface area contributed by atoms with E-state index in [1.165, 1.54) is 4.88 Å². The van der Waals surface area contributed by atoms with Gasteiger partial charge in [0, 0.05) is 37.3 Å². The minimum atomic E-state index is 0.834. The van der Waals surface area contributed by atoms with Gasteiger partial charge in [0.15, 0.2) is 5.13 Å². The van der Waals surface area contributed by atoms with Crippen LogP contribution in [0.15, 0.2) is 30.5 Å². The average Bonchev–Trinajstić information content (AvgIpc) is 2.86. The third-order valence-electron chi connectivity index (χ3n) is 3.35. The fourth-order valence-corrected chi connectivity index (χ4v) is 3.40. The molecule has 1 aromatic carbocycles. The van der Waals surface area contributed by atoms with Crippen LogP contribution in [0, 0.1) is 6.92 Å². The number of aromatic nitrogens is 1. The average molecular weight is 294 g/mol. The van der Waals surface area contributed by atoms with Gasteiger partial charge in [-0.25, -0.2) is 4.98 Å². The molecule has 1 aromatic heterocycles. The Balaban J connectivity index is 1.68. The molecule has 19 heavy (non-hydrogen) atoms. The molecular weight excluding hydrogens is 278 g/mol. The van der Waals surface area contributed by atoms with Gasteiger partial charge in [0.1, 0.15) is 0 Å². The topological polar surface area (TPSA) is 19.4 Å². The second-order valence-electron chi connectivity index (χ2n) is 4.68. The first kappa shape index (κ1) is 12.8. The summed E-state index contributed by atoms with van der Waals surface area (Å²) in [6, 6.07) is 8.05. The van der Waals surface area contributed by atoms with Crippen LogP contribution < -0.4 is 9.80 Å². The van der Waals surface area contributed by atoms with Crippen LogP contribution in [0.4, 0.5) is 10.8 Å². The van der Waals surface area contributed by atoms with Crippen molar-refractivity contribution in [3.05, 3.63) is 40.4 Å². The summed E-state index contributed by atoms with van der Waals surface area (Å²) in [6.45, 7) is 6.07. The molecule has 3 rings (SSSR count). The Morgan fingerprint density at radius 1 is 1.11 bits per heavy atom. The molecule has 0 amide bonds. The van der Waals surface area contributed by atoms with Crippen LogP contribution in [0.5, 0.6) is 0 Å². The molecule has 2 aromatic rings. The van der Waals surface area contributed by atoms with Crippen LogP contribution in [0.3, 0.4) is 0 Å². The first-order chi connectivity index (χ1) is 9.24. The highest BCUT2D eigenvalue weighted by atomic mass is 35.5. The van der Waals surface area contributed by atoms with Crippen LogP contribution in [0.1, 0.15) is 4.88 Å². The smallest absolute Gasteiger partial charge is 0.185 e. The van der Waals surface area contributed by atoms with E-state index in [1.807, 2.05) is 24.4 Å². The lowest BCUT2D eigenvalue weighted by Gasteiger charge is -2.36. The van der Waals surface area contributed by atoms with Crippen molar-refractivity contribution in [3.8, 4) is 0 Å². The summed E-state index contributed by atoms with van der Waals surface area (Å²) in [5.74, 6) is 0. The molecule has 1 aliphatic heterocycles. The highest BCUT2D eigenvalue weighted by Gasteiger charge is 2.20. The zero-order valence-corrected chi connectivity index (χ0v) is 12.4. The highest BCUT2D eigenvalue weighted by molar-refractivity contribution is 7.15. The van der Waals surface area contributed by atoms with Crippen molar-refractivity contribution in [3.63, 3.8) is 0 Å². The molecule has 5 heteroatoms.